The number of ether oxygens (including phenoxy) is 2. The average Bonchev–Trinajstić information content (AvgIpc) is 2.90. The number of esters is 2. The van der Waals surface area contributed by atoms with Crippen molar-refractivity contribution in [3.05, 3.63) is 57.4 Å². The minimum absolute atomic E-state index is 0.141. The van der Waals surface area contributed by atoms with Crippen LogP contribution in [0.5, 0.6) is 0 Å². The van der Waals surface area contributed by atoms with Gasteiger partial charge in [0.05, 0.1) is 12.7 Å². The van der Waals surface area contributed by atoms with Crippen LogP contribution in [0.3, 0.4) is 0 Å². The highest BCUT2D eigenvalue weighted by atomic mass is 16.5. The molecule has 6 heteroatoms. The lowest BCUT2D eigenvalue weighted by molar-refractivity contribution is 0.0313. The summed E-state index contributed by atoms with van der Waals surface area (Å²) in [6, 6.07) is 5.36. The van der Waals surface area contributed by atoms with Crippen LogP contribution >= 0.6 is 0 Å². The molecule has 0 aliphatic rings. The number of hydrogen-bond donors (Lipinski definition) is 1. The largest absolute Gasteiger partial charge is 0.465 e. The maximum absolute atomic E-state index is 12.5. The second-order valence-electron chi connectivity index (χ2n) is 6.33. The summed E-state index contributed by atoms with van der Waals surface area (Å²) in [7, 11) is 1.27. The second kappa shape index (κ2) is 7.56. The zero-order valence-corrected chi connectivity index (χ0v) is 15.9. The molecule has 1 atom stereocenters. The third kappa shape index (κ3) is 3.69. The number of hydrogen-bond acceptors (Lipinski definition) is 5. The summed E-state index contributed by atoms with van der Waals surface area (Å²) < 4.78 is 10.0. The van der Waals surface area contributed by atoms with Crippen molar-refractivity contribution in [2.75, 3.05) is 7.11 Å². The van der Waals surface area contributed by atoms with E-state index in [-0.39, 0.29) is 11.5 Å². The van der Waals surface area contributed by atoms with Crippen LogP contribution in [0.2, 0.25) is 0 Å². The molecule has 0 saturated carbocycles. The Morgan fingerprint density at radius 1 is 1.00 bits per heavy atom. The lowest BCUT2D eigenvalue weighted by Crippen LogP contribution is -2.25. The summed E-state index contributed by atoms with van der Waals surface area (Å²) in [5.41, 5.74) is 3.95. The third-order valence-corrected chi connectivity index (χ3v) is 4.48. The van der Waals surface area contributed by atoms with Gasteiger partial charge in [-0.15, -0.1) is 0 Å². The van der Waals surface area contributed by atoms with Crippen LogP contribution in [0.4, 0.5) is 0 Å². The van der Waals surface area contributed by atoms with Crippen molar-refractivity contribution < 1.29 is 23.9 Å². The van der Waals surface area contributed by atoms with Crippen molar-refractivity contribution in [3.8, 4) is 0 Å². The second-order valence-corrected chi connectivity index (χ2v) is 6.33. The molecule has 0 saturated heterocycles. The Morgan fingerprint density at radius 3 is 2.23 bits per heavy atom. The number of aromatic amines is 1. The van der Waals surface area contributed by atoms with Crippen LogP contribution in [0, 0.1) is 27.7 Å². The summed E-state index contributed by atoms with van der Waals surface area (Å²) in [4.78, 5) is 39.6. The third-order valence-electron chi connectivity index (χ3n) is 4.48. The maximum atomic E-state index is 12.5. The van der Waals surface area contributed by atoms with Gasteiger partial charge in [0, 0.05) is 11.3 Å². The molecule has 1 unspecified atom stereocenters. The van der Waals surface area contributed by atoms with Gasteiger partial charge in [-0.25, -0.2) is 9.59 Å². The van der Waals surface area contributed by atoms with Crippen molar-refractivity contribution in [2.24, 2.45) is 0 Å². The average molecular weight is 357 g/mol. The molecule has 0 fully saturated rings. The molecule has 1 heterocycles. The number of H-pyrrole nitrogens is 1. The Bertz CT molecular complexity index is 879. The minimum atomic E-state index is -0.950. The Hall–Kier alpha value is -2.89. The molecule has 1 aromatic carbocycles. The predicted octanol–water partition coefficient (Wildman–Crippen LogP) is 3.46. The van der Waals surface area contributed by atoms with Crippen LogP contribution < -0.4 is 0 Å². The Kier molecular flexibility index (Phi) is 5.65. The van der Waals surface area contributed by atoms with Gasteiger partial charge in [-0.1, -0.05) is 12.1 Å². The van der Waals surface area contributed by atoms with E-state index in [0.717, 1.165) is 11.1 Å². The van der Waals surface area contributed by atoms with E-state index in [1.165, 1.54) is 14.0 Å². The van der Waals surface area contributed by atoms with Crippen LogP contribution in [-0.2, 0) is 9.47 Å². The van der Waals surface area contributed by atoms with Gasteiger partial charge >= 0.3 is 11.9 Å². The first-order chi connectivity index (χ1) is 12.2. The van der Waals surface area contributed by atoms with E-state index in [4.69, 9.17) is 9.47 Å². The lowest BCUT2D eigenvalue weighted by Gasteiger charge is -2.13. The number of aryl methyl sites for hydroxylation is 3. The maximum Gasteiger partial charge on any atom is 0.355 e. The monoisotopic (exact) mass is 357 g/mol. The molecule has 0 spiro atoms. The van der Waals surface area contributed by atoms with Crippen LogP contribution in [-0.4, -0.2) is 35.9 Å². The molecule has 0 radical (unpaired) electrons. The summed E-state index contributed by atoms with van der Waals surface area (Å²) >= 11 is 0. The van der Waals surface area contributed by atoms with E-state index in [1.807, 2.05) is 19.9 Å². The molecule has 26 heavy (non-hydrogen) atoms. The number of Topliss-reactive ketones (excluding diaryl/α,β-unsaturated/α-hetero) is 1. The zero-order chi connectivity index (χ0) is 19.6. The fourth-order valence-electron chi connectivity index (χ4n) is 2.76. The minimum Gasteiger partial charge on any atom is -0.465 e. The molecular formula is C20H23NO5. The quantitative estimate of drug-likeness (QED) is 0.654. The molecule has 0 amide bonds. The predicted molar refractivity (Wildman–Crippen MR) is 96.7 cm³/mol. The van der Waals surface area contributed by atoms with Gasteiger partial charge in [-0.2, -0.15) is 0 Å². The van der Waals surface area contributed by atoms with E-state index in [1.54, 1.807) is 26.0 Å². The van der Waals surface area contributed by atoms with Gasteiger partial charge in [-0.3, -0.25) is 4.79 Å². The summed E-state index contributed by atoms with van der Waals surface area (Å²) in [6.45, 7) is 8.70. The number of carbonyl (C=O) groups is 3. The highest BCUT2D eigenvalue weighted by Gasteiger charge is 2.26. The van der Waals surface area contributed by atoms with Gasteiger partial charge in [0.25, 0.3) is 0 Å². The van der Waals surface area contributed by atoms with Gasteiger partial charge in [0.1, 0.15) is 5.69 Å². The summed E-state index contributed by atoms with van der Waals surface area (Å²) in [5, 5.41) is 0. The van der Waals surface area contributed by atoms with Crippen molar-refractivity contribution >= 4 is 17.7 Å². The smallest absolute Gasteiger partial charge is 0.355 e. The van der Waals surface area contributed by atoms with Gasteiger partial charge in [0.2, 0.25) is 5.78 Å². The fraction of sp³-hybridized carbons (Fsp3) is 0.350. The van der Waals surface area contributed by atoms with Crippen molar-refractivity contribution in [1.82, 2.24) is 4.98 Å². The first kappa shape index (κ1) is 19.4. The molecule has 2 rings (SSSR count). The molecule has 0 aliphatic heterocycles. The molecular weight excluding hydrogens is 334 g/mol. The van der Waals surface area contributed by atoms with Gasteiger partial charge in [-0.05, 0) is 57.4 Å². The number of rotatable bonds is 5. The number of aromatic nitrogens is 1. The standard InChI is InChI=1S/C20H23NO5/c1-10-7-8-15(9-11(10)2)18(22)14(5)26-20(24)17-12(3)16(13(4)21-17)19(23)25-6/h7-9,14,21H,1-6H3. The number of carbonyl (C=O) groups excluding carboxylic acids is 3. The highest BCUT2D eigenvalue weighted by molar-refractivity contribution is 6.02. The van der Waals surface area contributed by atoms with E-state index in [0.29, 0.717) is 22.4 Å². The number of methoxy groups -OCH3 is 1. The topological polar surface area (TPSA) is 85.5 Å². The van der Waals surface area contributed by atoms with Crippen molar-refractivity contribution in [1.29, 1.82) is 0 Å². The van der Waals surface area contributed by atoms with Crippen LogP contribution in [0.25, 0.3) is 0 Å². The molecule has 6 nitrogen and oxygen atoms in total. The molecule has 0 bridgehead atoms. The highest BCUT2D eigenvalue weighted by Crippen LogP contribution is 2.21. The molecule has 0 aliphatic carbocycles. The lowest BCUT2D eigenvalue weighted by atomic mass is 10.0. The van der Waals surface area contributed by atoms with E-state index >= 15 is 0 Å². The molecule has 2 aromatic rings. The van der Waals surface area contributed by atoms with E-state index in [2.05, 4.69) is 4.98 Å². The molecule has 1 N–H and O–H groups in total. The first-order valence-corrected chi connectivity index (χ1v) is 8.27. The van der Waals surface area contributed by atoms with Crippen molar-refractivity contribution in [2.45, 2.75) is 40.7 Å². The van der Waals surface area contributed by atoms with Crippen LogP contribution in [0.15, 0.2) is 18.2 Å². The number of nitrogens with one attached hydrogen (secondary N) is 1. The van der Waals surface area contributed by atoms with Crippen molar-refractivity contribution in [3.63, 3.8) is 0 Å². The summed E-state index contributed by atoms with van der Waals surface area (Å²) in [6.07, 6.45) is -0.950. The zero-order valence-electron chi connectivity index (χ0n) is 15.9. The SMILES string of the molecule is COC(=O)c1c(C)[nH]c(C(=O)OC(C)C(=O)c2ccc(C)c(C)c2)c1C. The Labute approximate surface area is 152 Å². The Balaban J connectivity index is 2.20. The fourth-order valence-corrected chi connectivity index (χ4v) is 2.76. The number of ketones is 1. The van der Waals surface area contributed by atoms with E-state index < -0.39 is 18.0 Å². The molecule has 138 valence electrons. The first-order valence-electron chi connectivity index (χ1n) is 8.27. The number of benzene rings is 1. The van der Waals surface area contributed by atoms with Gasteiger partial charge in [0.15, 0.2) is 6.10 Å². The normalized spacial score (nSPS) is 11.8. The molecule has 1 aromatic heterocycles. The van der Waals surface area contributed by atoms with Gasteiger partial charge < -0.3 is 14.5 Å². The van der Waals surface area contributed by atoms with Crippen LogP contribution in [0.1, 0.15) is 60.5 Å². The summed E-state index contributed by atoms with van der Waals surface area (Å²) in [5.74, 6) is -1.50. The Morgan fingerprint density at radius 2 is 1.65 bits per heavy atom. The van der Waals surface area contributed by atoms with E-state index in [9.17, 15) is 14.4 Å².